The lowest BCUT2D eigenvalue weighted by molar-refractivity contribution is -0.117. The van der Waals surface area contributed by atoms with Crippen LogP contribution in [0.15, 0.2) is 39.8 Å². The van der Waals surface area contributed by atoms with Crippen LogP contribution in [0.1, 0.15) is 38.2 Å². The highest BCUT2D eigenvalue weighted by Gasteiger charge is 2.39. The van der Waals surface area contributed by atoms with Crippen molar-refractivity contribution in [1.29, 1.82) is 0 Å². The van der Waals surface area contributed by atoms with Crippen LogP contribution in [-0.2, 0) is 14.6 Å². The predicted molar refractivity (Wildman–Crippen MR) is 85.0 cm³/mol. The monoisotopic (exact) mass is 319 g/mol. The van der Waals surface area contributed by atoms with E-state index in [0.717, 1.165) is 31.4 Å². The number of rotatable bonds is 2. The first-order chi connectivity index (χ1) is 10.4. The Morgan fingerprint density at radius 1 is 1.09 bits per heavy atom. The standard InChI is InChI=1S/C17H21NO3S/c1-12-6-8-15(9-7-12)22(20,21)17-13(2)18-10-4-3-5-14(18)11-16(17)19/h6-9,14H,3-5,10-11H2,1-2H3/t14-/m1/s1. The highest BCUT2D eigenvalue weighted by Crippen LogP contribution is 2.35. The largest absolute Gasteiger partial charge is 0.370 e. The summed E-state index contributed by atoms with van der Waals surface area (Å²) in [6, 6.07) is 6.87. The molecular formula is C17H21NO3S. The van der Waals surface area contributed by atoms with Crippen LogP contribution >= 0.6 is 0 Å². The Bertz CT molecular complexity index is 732. The number of nitrogens with zero attached hydrogens (tertiary/aromatic N) is 1. The lowest BCUT2D eigenvalue weighted by Gasteiger charge is -2.41. The number of sulfone groups is 1. The van der Waals surface area contributed by atoms with E-state index in [-0.39, 0.29) is 21.6 Å². The van der Waals surface area contributed by atoms with Gasteiger partial charge in [-0.1, -0.05) is 17.7 Å². The molecule has 0 unspecified atom stereocenters. The summed E-state index contributed by atoms with van der Waals surface area (Å²) in [5.41, 5.74) is 1.62. The molecule has 0 amide bonds. The zero-order valence-electron chi connectivity index (χ0n) is 13.0. The van der Waals surface area contributed by atoms with Crippen molar-refractivity contribution in [3.63, 3.8) is 0 Å². The first-order valence-corrected chi connectivity index (χ1v) is 9.22. The zero-order valence-corrected chi connectivity index (χ0v) is 13.8. The Morgan fingerprint density at radius 2 is 1.77 bits per heavy atom. The topological polar surface area (TPSA) is 54.5 Å². The number of carbonyl (C=O) groups excluding carboxylic acids is 1. The molecule has 1 aromatic carbocycles. The summed E-state index contributed by atoms with van der Waals surface area (Å²) in [7, 11) is -3.74. The van der Waals surface area contributed by atoms with Crippen LogP contribution in [0, 0.1) is 6.92 Å². The van der Waals surface area contributed by atoms with Crippen molar-refractivity contribution in [3.8, 4) is 0 Å². The van der Waals surface area contributed by atoms with Crippen molar-refractivity contribution >= 4 is 15.6 Å². The number of benzene rings is 1. The van der Waals surface area contributed by atoms with Crippen molar-refractivity contribution in [1.82, 2.24) is 4.90 Å². The van der Waals surface area contributed by atoms with Gasteiger partial charge in [-0.2, -0.15) is 0 Å². The summed E-state index contributed by atoms with van der Waals surface area (Å²) in [6.07, 6.45) is 3.46. The molecular weight excluding hydrogens is 298 g/mol. The quantitative estimate of drug-likeness (QED) is 0.841. The summed E-state index contributed by atoms with van der Waals surface area (Å²) < 4.78 is 25.8. The predicted octanol–water partition coefficient (Wildman–Crippen LogP) is 2.83. The number of hydrogen-bond acceptors (Lipinski definition) is 4. The molecule has 0 aromatic heterocycles. The Hall–Kier alpha value is -1.62. The number of aryl methyl sites for hydroxylation is 1. The minimum absolute atomic E-state index is 0.00509. The molecule has 5 heteroatoms. The lowest BCUT2D eigenvalue weighted by atomic mass is 9.93. The fourth-order valence-electron chi connectivity index (χ4n) is 3.47. The molecule has 2 aliphatic rings. The molecule has 2 aliphatic heterocycles. The molecule has 1 fully saturated rings. The van der Waals surface area contributed by atoms with Gasteiger partial charge in [-0.25, -0.2) is 8.42 Å². The molecule has 1 aromatic rings. The van der Waals surface area contributed by atoms with Gasteiger partial charge < -0.3 is 4.90 Å². The van der Waals surface area contributed by atoms with Crippen molar-refractivity contribution in [2.24, 2.45) is 0 Å². The van der Waals surface area contributed by atoms with Crippen LogP contribution in [0.4, 0.5) is 0 Å². The molecule has 118 valence electrons. The number of Topliss-reactive ketones (excluding diaryl/α,β-unsaturated/α-hetero) is 1. The maximum absolute atomic E-state index is 12.9. The molecule has 2 heterocycles. The smallest absolute Gasteiger partial charge is 0.211 e. The van der Waals surface area contributed by atoms with E-state index >= 15 is 0 Å². The van der Waals surface area contributed by atoms with Crippen molar-refractivity contribution in [3.05, 3.63) is 40.4 Å². The van der Waals surface area contributed by atoms with Gasteiger partial charge in [-0.05, 0) is 45.2 Å². The molecule has 0 spiro atoms. The molecule has 4 nitrogen and oxygen atoms in total. The molecule has 0 bridgehead atoms. The summed E-state index contributed by atoms with van der Waals surface area (Å²) >= 11 is 0. The molecule has 0 aliphatic carbocycles. The third kappa shape index (κ3) is 2.47. The molecule has 1 atom stereocenters. The van der Waals surface area contributed by atoms with E-state index in [1.54, 1.807) is 31.2 Å². The van der Waals surface area contributed by atoms with Gasteiger partial charge >= 0.3 is 0 Å². The van der Waals surface area contributed by atoms with Gasteiger partial charge in [0.2, 0.25) is 9.84 Å². The molecule has 0 radical (unpaired) electrons. The van der Waals surface area contributed by atoms with Gasteiger partial charge in [0.25, 0.3) is 0 Å². The number of carbonyl (C=O) groups is 1. The SMILES string of the molecule is CC1=C(S(=O)(=O)c2ccc(C)cc2)C(=O)C[C@H]2CCCCN12. The first kappa shape index (κ1) is 15.3. The van der Waals surface area contributed by atoms with Crippen LogP contribution in [0.3, 0.4) is 0 Å². The van der Waals surface area contributed by atoms with E-state index in [9.17, 15) is 13.2 Å². The second-order valence-electron chi connectivity index (χ2n) is 6.20. The van der Waals surface area contributed by atoms with Gasteiger partial charge in [0, 0.05) is 24.7 Å². The maximum atomic E-state index is 12.9. The molecule has 22 heavy (non-hydrogen) atoms. The highest BCUT2D eigenvalue weighted by molar-refractivity contribution is 7.96. The van der Waals surface area contributed by atoms with Crippen LogP contribution in [-0.4, -0.2) is 31.7 Å². The molecule has 0 saturated carbocycles. The summed E-state index contributed by atoms with van der Waals surface area (Å²) in [4.78, 5) is 14.8. The van der Waals surface area contributed by atoms with Crippen LogP contribution in [0.5, 0.6) is 0 Å². The van der Waals surface area contributed by atoms with Crippen molar-refractivity contribution in [2.45, 2.75) is 50.5 Å². The zero-order chi connectivity index (χ0) is 15.9. The van der Waals surface area contributed by atoms with E-state index in [1.807, 2.05) is 6.92 Å². The number of hydrogen-bond donors (Lipinski definition) is 0. The van der Waals surface area contributed by atoms with E-state index in [4.69, 9.17) is 0 Å². The summed E-state index contributed by atoms with van der Waals surface area (Å²) in [6.45, 7) is 4.53. The van der Waals surface area contributed by atoms with E-state index in [1.165, 1.54) is 0 Å². The maximum Gasteiger partial charge on any atom is 0.211 e. The number of piperidine rings is 1. The Balaban J connectivity index is 2.08. The Kier molecular flexibility index (Phi) is 3.85. The Morgan fingerprint density at radius 3 is 2.45 bits per heavy atom. The summed E-state index contributed by atoms with van der Waals surface area (Å²) in [5.74, 6) is -0.235. The van der Waals surface area contributed by atoms with Gasteiger partial charge in [0.05, 0.1) is 4.90 Å². The number of fused-ring (bicyclic) bond motifs is 1. The van der Waals surface area contributed by atoms with Gasteiger partial charge in [-0.15, -0.1) is 0 Å². The molecule has 3 rings (SSSR count). The van der Waals surface area contributed by atoms with Gasteiger partial charge in [-0.3, -0.25) is 4.79 Å². The second-order valence-corrected chi connectivity index (χ2v) is 8.09. The third-order valence-electron chi connectivity index (χ3n) is 4.66. The van der Waals surface area contributed by atoms with Crippen LogP contribution in [0.25, 0.3) is 0 Å². The first-order valence-electron chi connectivity index (χ1n) is 7.74. The van der Waals surface area contributed by atoms with E-state index < -0.39 is 9.84 Å². The molecule has 0 N–H and O–H groups in total. The Labute approximate surface area is 131 Å². The van der Waals surface area contributed by atoms with Crippen molar-refractivity contribution in [2.75, 3.05) is 6.54 Å². The average molecular weight is 319 g/mol. The minimum Gasteiger partial charge on any atom is -0.370 e. The normalized spacial score (nSPS) is 22.7. The molecule has 1 saturated heterocycles. The van der Waals surface area contributed by atoms with Crippen LogP contribution in [0.2, 0.25) is 0 Å². The lowest BCUT2D eigenvalue weighted by Crippen LogP contribution is -2.45. The minimum atomic E-state index is -3.74. The second kappa shape index (κ2) is 5.54. The summed E-state index contributed by atoms with van der Waals surface area (Å²) in [5, 5.41) is 0. The van der Waals surface area contributed by atoms with Gasteiger partial charge in [0.1, 0.15) is 4.91 Å². The third-order valence-corrected chi connectivity index (χ3v) is 6.61. The number of allylic oxidation sites excluding steroid dienone is 2. The van der Waals surface area contributed by atoms with Crippen molar-refractivity contribution < 1.29 is 13.2 Å². The van der Waals surface area contributed by atoms with E-state index in [0.29, 0.717) is 12.1 Å². The van der Waals surface area contributed by atoms with Crippen LogP contribution < -0.4 is 0 Å². The average Bonchev–Trinajstić information content (AvgIpc) is 2.47. The fraction of sp³-hybridized carbons (Fsp3) is 0.471. The number of ketones is 1. The fourth-order valence-corrected chi connectivity index (χ4v) is 5.09. The van der Waals surface area contributed by atoms with E-state index in [2.05, 4.69) is 4.90 Å². The van der Waals surface area contributed by atoms with Gasteiger partial charge in [0.15, 0.2) is 5.78 Å². The highest BCUT2D eigenvalue weighted by atomic mass is 32.2.